The zero-order valence-corrected chi connectivity index (χ0v) is 24.9. The highest BCUT2D eigenvalue weighted by Gasteiger charge is 2.36. The van der Waals surface area contributed by atoms with Crippen LogP contribution in [0.25, 0.3) is 22.3 Å². The van der Waals surface area contributed by atoms with Crippen LogP contribution in [-0.2, 0) is 17.8 Å². The number of aliphatic hydroxyl groups excluding tert-OH is 1. The molecule has 2 saturated heterocycles. The Hall–Kier alpha value is -4.35. The third-order valence-corrected chi connectivity index (χ3v) is 9.40. The van der Waals surface area contributed by atoms with E-state index in [4.69, 9.17) is 9.97 Å². The molecular weight excluding hydrogens is 556 g/mol. The first-order valence-electron chi connectivity index (χ1n) is 15.5. The summed E-state index contributed by atoms with van der Waals surface area (Å²) in [7, 11) is 0. The van der Waals surface area contributed by atoms with Crippen LogP contribution in [0.15, 0.2) is 54.7 Å². The van der Waals surface area contributed by atoms with Crippen molar-refractivity contribution >= 4 is 28.5 Å². The van der Waals surface area contributed by atoms with Crippen LogP contribution >= 0.6 is 0 Å². The van der Waals surface area contributed by atoms with Crippen LogP contribution in [0, 0.1) is 0 Å². The predicted molar refractivity (Wildman–Crippen MR) is 167 cm³/mol. The largest absolute Gasteiger partial charge is 0.390 e. The number of carbonyl (C=O) groups excluding carboxylic acids is 2. The van der Waals surface area contributed by atoms with E-state index in [1.807, 2.05) is 23.1 Å². The monoisotopic (exact) mass is 594 g/mol. The summed E-state index contributed by atoms with van der Waals surface area (Å²) < 4.78 is 0. The minimum Gasteiger partial charge on any atom is -0.390 e. The molecule has 0 aliphatic carbocycles. The molecule has 2 amide bonds. The Bertz CT molecular complexity index is 1680. The third-order valence-electron chi connectivity index (χ3n) is 9.40. The van der Waals surface area contributed by atoms with Crippen molar-refractivity contribution in [1.29, 1.82) is 0 Å². The second-order valence-corrected chi connectivity index (χ2v) is 12.2. The predicted octanol–water partition coefficient (Wildman–Crippen LogP) is 3.08. The zero-order valence-electron chi connectivity index (χ0n) is 24.9. The lowest BCUT2D eigenvalue weighted by atomic mass is 9.94. The van der Waals surface area contributed by atoms with Gasteiger partial charge in [-0.1, -0.05) is 24.3 Å². The lowest BCUT2D eigenvalue weighted by Crippen LogP contribution is -2.56. The summed E-state index contributed by atoms with van der Waals surface area (Å²) in [6.07, 6.45) is 4.37. The van der Waals surface area contributed by atoms with Crippen molar-refractivity contribution in [2.45, 2.75) is 57.3 Å². The molecule has 2 fully saturated rings. The van der Waals surface area contributed by atoms with Gasteiger partial charge in [0.15, 0.2) is 5.82 Å². The Kier molecular flexibility index (Phi) is 7.73. The summed E-state index contributed by atoms with van der Waals surface area (Å²) in [5.74, 6) is 0.903. The Labute approximate surface area is 256 Å². The quantitative estimate of drug-likeness (QED) is 0.322. The van der Waals surface area contributed by atoms with E-state index < -0.39 is 6.10 Å². The van der Waals surface area contributed by atoms with Gasteiger partial charge in [0.05, 0.1) is 17.8 Å². The highest BCUT2D eigenvalue weighted by Crippen LogP contribution is 2.28. The van der Waals surface area contributed by atoms with Gasteiger partial charge in [-0.3, -0.25) is 19.6 Å². The topological polar surface area (TPSA) is 131 Å². The van der Waals surface area contributed by atoms with Crippen LogP contribution in [0.1, 0.15) is 47.8 Å². The van der Waals surface area contributed by atoms with E-state index >= 15 is 0 Å². The molecule has 3 aliphatic heterocycles. The molecule has 2 aromatic heterocycles. The average molecular weight is 595 g/mol. The summed E-state index contributed by atoms with van der Waals surface area (Å²) in [5.41, 5.74) is 4.69. The first kappa shape index (κ1) is 28.4. The number of aromatic amines is 1. The fraction of sp³-hybridized carbons (Fsp3) is 0.424. The fourth-order valence-corrected chi connectivity index (χ4v) is 6.88. The minimum absolute atomic E-state index is 0.00755. The number of β-amino-alcohol motifs (C(OH)–C–C–N with tert-alkyl or cyclic N) is 1. The Morgan fingerprint density at radius 1 is 0.955 bits per heavy atom. The first-order valence-corrected chi connectivity index (χ1v) is 15.5. The second kappa shape index (κ2) is 12.0. The van der Waals surface area contributed by atoms with Crippen LogP contribution < -0.4 is 5.32 Å². The van der Waals surface area contributed by atoms with Crippen molar-refractivity contribution in [3.63, 3.8) is 0 Å². The summed E-state index contributed by atoms with van der Waals surface area (Å²) in [5, 5.41) is 22.8. The number of nitrogens with one attached hydrogen (secondary N) is 2. The number of aromatic nitrogens is 4. The summed E-state index contributed by atoms with van der Waals surface area (Å²) in [6.45, 7) is 5.50. The van der Waals surface area contributed by atoms with Crippen LogP contribution in [0.2, 0.25) is 0 Å². The van der Waals surface area contributed by atoms with E-state index in [-0.39, 0.29) is 30.4 Å². The van der Waals surface area contributed by atoms with E-state index in [1.165, 1.54) is 11.1 Å². The number of benzene rings is 2. The molecule has 7 rings (SSSR count). The molecule has 0 unspecified atom stereocenters. The number of aliphatic hydroxyl groups is 1. The number of hydrogen-bond acceptors (Lipinski definition) is 8. The Morgan fingerprint density at radius 3 is 2.55 bits per heavy atom. The lowest BCUT2D eigenvalue weighted by Gasteiger charge is -2.43. The molecule has 5 heterocycles. The number of likely N-dealkylation sites (tertiary alicyclic amines) is 2. The molecule has 2 atom stereocenters. The maximum atomic E-state index is 13.9. The molecule has 0 radical (unpaired) electrons. The van der Waals surface area contributed by atoms with Crippen LogP contribution in [0.5, 0.6) is 0 Å². The highest BCUT2D eigenvalue weighted by atomic mass is 16.3. The fourth-order valence-electron chi connectivity index (χ4n) is 6.88. The number of rotatable bonds is 5. The molecule has 11 nitrogen and oxygen atoms in total. The summed E-state index contributed by atoms with van der Waals surface area (Å²) in [4.78, 5) is 41.2. The highest BCUT2D eigenvalue weighted by molar-refractivity contribution is 5.94. The van der Waals surface area contributed by atoms with Gasteiger partial charge in [0.1, 0.15) is 11.5 Å². The molecule has 2 aromatic carbocycles. The van der Waals surface area contributed by atoms with Gasteiger partial charge in [-0.2, -0.15) is 5.10 Å². The van der Waals surface area contributed by atoms with Crippen LogP contribution in [0.3, 0.4) is 0 Å². The van der Waals surface area contributed by atoms with E-state index in [2.05, 4.69) is 44.7 Å². The van der Waals surface area contributed by atoms with E-state index in [0.717, 1.165) is 48.8 Å². The summed E-state index contributed by atoms with van der Waals surface area (Å²) >= 11 is 0. The standard InChI is InChI=1S/C33H38N8O3/c1-21(42)39-13-9-26(10-14-39)35-31-17-28(36-32(37-31)23-6-7-27-25(16-23)18-34-38-27)33(44)41-15-11-29(30(43)20-41)40-12-8-22-4-2-3-5-24(22)19-40/h2-7,16-18,26,29-30,43H,8-15,19-20H2,1H3,(H,34,38)(H,35,36,37)/t29-,30-/m1/s1. The molecule has 3 N–H and O–H groups in total. The van der Waals surface area contributed by atoms with Gasteiger partial charge in [-0.05, 0) is 55.0 Å². The average Bonchev–Trinajstić information content (AvgIpc) is 3.52. The van der Waals surface area contributed by atoms with Gasteiger partial charge < -0.3 is 20.2 Å². The van der Waals surface area contributed by atoms with Gasteiger partial charge in [0.25, 0.3) is 5.91 Å². The minimum atomic E-state index is -0.646. The number of piperidine rings is 2. The second-order valence-electron chi connectivity index (χ2n) is 12.2. The maximum absolute atomic E-state index is 13.9. The van der Waals surface area contributed by atoms with Gasteiger partial charge in [0.2, 0.25) is 5.91 Å². The van der Waals surface area contributed by atoms with Crippen LogP contribution in [-0.4, -0.2) is 103 Å². The molecule has 228 valence electrons. The van der Waals surface area contributed by atoms with Crippen molar-refractivity contribution in [3.05, 3.63) is 71.5 Å². The molecule has 0 spiro atoms. The van der Waals surface area contributed by atoms with Gasteiger partial charge in [-0.25, -0.2) is 9.97 Å². The smallest absolute Gasteiger partial charge is 0.272 e. The SMILES string of the molecule is CC(=O)N1CCC(Nc2cc(C(=O)N3CC[C@@H](N4CCc5ccccc5C4)[C@H](O)C3)nc(-c3ccc4[nH]ncc4c3)n2)CC1. The van der Waals surface area contributed by atoms with Crippen molar-refractivity contribution in [2.75, 3.05) is 38.0 Å². The number of fused-ring (bicyclic) bond motifs is 2. The first-order chi connectivity index (χ1) is 21.4. The number of carbonyl (C=O) groups is 2. The van der Waals surface area contributed by atoms with Crippen LogP contribution in [0.4, 0.5) is 5.82 Å². The maximum Gasteiger partial charge on any atom is 0.272 e. The van der Waals surface area contributed by atoms with Crippen molar-refractivity contribution in [2.24, 2.45) is 0 Å². The van der Waals surface area contributed by atoms with E-state index in [0.29, 0.717) is 43.4 Å². The number of nitrogens with zero attached hydrogens (tertiary/aromatic N) is 6. The molecule has 4 aromatic rings. The van der Waals surface area contributed by atoms with E-state index in [9.17, 15) is 14.7 Å². The Balaban J connectivity index is 1.10. The van der Waals surface area contributed by atoms with Crippen molar-refractivity contribution in [1.82, 2.24) is 34.9 Å². The third kappa shape index (κ3) is 5.77. The number of anilines is 1. The molecule has 11 heteroatoms. The van der Waals surface area contributed by atoms with Gasteiger partial charge in [0, 0.05) is 75.3 Å². The molecular formula is C33H38N8O3. The number of amides is 2. The molecule has 3 aliphatic rings. The van der Waals surface area contributed by atoms with Gasteiger partial charge >= 0.3 is 0 Å². The lowest BCUT2D eigenvalue weighted by molar-refractivity contribution is -0.129. The number of hydrogen-bond donors (Lipinski definition) is 3. The van der Waals surface area contributed by atoms with E-state index in [1.54, 1.807) is 24.1 Å². The molecule has 44 heavy (non-hydrogen) atoms. The molecule has 0 bridgehead atoms. The zero-order chi connectivity index (χ0) is 30.2. The number of H-pyrrole nitrogens is 1. The normalized spacial score (nSPS) is 21.3. The van der Waals surface area contributed by atoms with Crippen molar-refractivity contribution in [3.8, 4) is 11.4 Å². The molecule has 0 saturated carbocycles. The Morgan fingerprint density at radius 2 is 1.75 bits per heavy atom. The van der Waals surface area contributed by atoms with Crippen molar-refractivity contribution < 1.29 is 14.7 Å². The summed E-state index contributed by atoms with van der Waals surface area (Å²) in [6, 6.07) is 16.2. The van der Waals surface area contributed by atoms with Gasteiger partial charge in [-0.15, -0.1) is 0 Å².